The zero-order chi connectivity index (χ0) is 12.8. The maximum absolute atomic E-state index is 10.7. The molecule has 0 aliphatic rings. The summed E-state index contributed by atoms with van der Waals surface area (Å²) in [6, 6.07) is 0. The van der Waals surface area contributed by atoms with E-state index in [0.29, 0.717) is 24.8 Å². The number of carbonyl (C=O) groups excluding carboxylic acids is 1. The van der Waals surface area contributed by atoms with Crippen molar-refractivity contribution < 1.29 is 19.7 Å². The van der Waals surface area contributed by atoms with Gasteiger partial charge in [-0.2, -0.15) is 0 Å². The monoisotopic (exact) mass is 229 g/mol. The van der Waals surface area contributed by atoms with Gasteiger partial charge in [-0.3, -0.25) is 0 Å². The summed E-state index contributed by atoms with van der Waals surface area (Å²) < 4.78 is 4.44. The Bertz CT molecular complexity index is 199. The van der Waals surface area contributed by atoms with Gasteiger partial charge in [0.2, 0.25) is 0 Å². The molecule has 0 saturated heterocycles. The first-order valence-electron chi connectivity index (χ1n) is 5.15. The van der Waals surface area contributed by atoms with Crippen molar-refractivity contribution in [3.05, 3.63) is 24.8 Å². The average molecular weight is 229 g/mol. The first kappa shape index (κ1) is 17.3. The standard InChI is InChI=1S/C8H14O3.C4H7O/c1-7(8(10)11-2)5-3-4-6-9;1-2-3-4-5/h9H,1,3-6H2,2H3;1-2,5H,3-4H2. The number of rotatable bonds is 7. The molecule has 0 bridgehead atoms. The largest absolute Gasteiger partial charge is 0.466 e. The molecule has 0 aromatic heterocycles. The van der Waals surface area contributed by atoms with Crippen LogP contribution in [0.15, 0.2) is 18.2 Å². The number of methoxy groups -OCH3 is 1. The zero-order valence-corrected chi connectivity index (χ0v) is 9.82. The van der Waals surface area contributed by atoms with E-state index in [2.05, 4.69) is 11.3 Å². The quantitative estimate of drug-likeness (QED) is 0.391. The van der Waals surface area contributed by atoms with Crippen molar-refractivity contribution in [1.82, 2.24) is 0 Å². The van der Waals surface area contributed by atoms with E-state index in [-0.39, 0.29) is 19.2 Å². The second kappa shape index (κ2) is 13.9. The minimum atomic E-state index is -0.358. The predicted octanol–water partition coefficient (Wildman–Crippen LogP) is 1.24. The summed E-state index contributed by atoms with van der Waals surface area (Å²) in [6.45, 7) is 8.72. The van der Waals surface area contributed by atoms with Crippen LogP contribution in [0.4, 0.5) is 0 Å². The number of esters is 1. The Morgan fingerprint density at radius 3 is 2.31 bits per heavy atom. The summed E-state index contributed by atoms with van der Waals surface area (Å²) in [5.41, 5.74) is 0.473. The van der Waals surface area contributed by atoms with Gasteiger partial charge >= 0.3 is 5.97 Å². The zero-order valence-electron chi connectivity index (χ0n) is 9.82. The lowest BCUT2D eigenvalue weighted by Crippen LogP contribution is -2.03. The third-order valence-electron chi connectivity index (χ3n) is 1.66. The third-order valence-corrected chi connectivity index (χ3v) is 1.66. The van der Waals surface area contributed by atoms with Crippen molar-refractivity contribution in [3.63, 3.8) is 0 Å². The lowest BCUT2D eigenvalue weighted by atomic mass is 10.1. The first-order valence-corrected chi connectivity index (χ1v) is 5.15. The molecule has 2 N–H and O–H groups in total. The second-order valence-electron chi connectivity index (χ2n) is 3.02. The Morgan fingerprint density at radius 1 is 1.38 bits per heavy atom. The van der Waals surface area contributed by atoms with Gasteiger partial charge in [-0.1, -0.05) is 19.2 Å². The Morgan fingerprint density at radius 2 is 2.00 bits per heavy atom. The van der Waals surface area contributed by atoms with E-state index in [0.717, 1.165) is 6.42 Å². The number of unbranched alkanes of at least 4 members (excludes halogenated alkanes) is 1. The molecule has 0 saturated carbocycles. The van der Waals surface area contributed by atoms with E-state index in [9.17, 15) is 4.79 Å². The molecule has 0 rings (SSSR count). The van der Waals surface area contributed by atoms with E-state index >= 15 is 0 Å². The molecule has 0 spiro atoms. The van der Waals surface area contributed by atoms with Gasteiger partial charge in [-0.15, -0.1) is 0 Å². The maximum Gasteiger partial charge on any atom is 0.333 e. The van der Waals surface area contributed by atoms with Crippen LogP contribution in [0.25, 0.3) is 0 Å². The predicted molar refractivity (Wildman–Crippen MR) is 62.7 cm³/mol. The second-order valence-corrected chi connectivity index (χ2v) is 3.02. The molecule has 0 heterocycles. The molecule has 0 amide bonds. The SMILES string of the molecule is C=C(CCCCO)C(=O)OC.[CH]=CCCO. The van der Waals surface area contributed by atoms with Crippen molar-refractivity contribution in [2.24, 2.45) is 0 Å². The molecular formula is C12H21O4. The molecule has 0 fully saturated rings. The van der Waals surface area contributed by atoms with Crippen LogP contribution in [0.1, 0.15) is 25.7 Å². The highest BCUT2D eigenvalue weighted by Crippen LogP contribution is 2.05. The highest BCUT2D eigenvalue weighted by molar-refractivity contribution is 5.87. The normalized spacial score (nSPS) is 8.69. The van der Waals surface area contributed by atoms with E-state index in [1.54, 1.807) is 0 Å². The molecule has 0 aromatic rings. The van der Waals surface area contributed by atoms with Crippen molar-refractivity contribution in [2.45, 2.75) is 25.7 Å². The fraction of sp³-hybridized carbons (Fsp3) is 0.583. The van der Waals surface area contributed by atoms with Crippen LogP contribution in [0, 0.1) is 6.58 Å². The molecule has 4 nitrogen and oxygen atoms in total. The summed E-state index contributed by atoms with van der Waals surface area (Å²) in [4.78, 5) is 10.7. The van der Waals surface area contributed by atoms with Crippen LogP contribution in [0.3, 0.4) is 0 Å². The average Bonchev–Trinajstić information content (AvgIpc) is 2.30. The van der Waals surface area contributed by atoms with Crippen LogP contribution in [0.2, 0.25) is 0 Å². The molecule has 4 heteroatoms. The maximum atomic E-state index is 10.7. The Kier molecular flexibility index (Phi) is 15.0. The summed E-state index contributed by atoms with van der Waals surface area (Å²) in [6.07, 6.45) is 4.12. The van der Waals surface area contributed by atoms with Gasteiger partial charge in [-0.05, 0) is 25.7 Å². The topological polar surface area (TPSA) is 66.8 Å². The fourth-order valence-corrected chi connectivity index (χ4v) is 0.771. The number of carbonyl (C=O) groups is 1. The van der Waals surface area contributed by atoms with E-state index in [4.69, 9.17) is 16.8 Å². The number of aliphatic hydroxyl groups excluding tert-OH is 2. The lowest BCUT2D eigenvalue weighted by molar-refractivity contribution is -0.136. The molecule has 0 aliphatic heterocycles. The minimum Gasteiger partial charge on any atom is -0.466 e. The number of aliphatic hydroxyl groups is 2. The Hall–Kier alpha value is -1.13. The van der Waals surface area contributed by atoms with Gasteiger partial charge in [0.05, 0.1) is 7.11 Å². The molecule has 1 radical (unpaired) electrons. The number of hydrogen-bond donors (Lipinski definition) is 2. The van der Waals surface area contributed by atoms with Gasteiger partial charge in [0.1, 0.15) is 0 Å². The van der Waals surface area contributed by atoms with Crippen molar-refractivity contribution in [3.8, 4) is 0 Å². The molecule has 0 aromatic carbocycles. The van der Waals surface area contributed by atoms with Crippen molar-refractivity contribution in [2.75, 3.05) is 20.3 Å². The van der Waals surface area contributed by atoms with Crippen LogP contribution in [-0.4, -0.2) is 36.5 Å². The van der Waals surface area contributed by atoms with Crippen molar-refractivity contribution >= 4 is 5.97 Å². The van der Waals surface area contributed by atoms with Gasteiger partial charge in [0, 0.05) is 18.8 Å². The van der Waals surface area contributed by atoms with Crippen LogP contribution >= 0.6 is 0 Å². The van der Waals surface area contributed by atoms with Crippen LogP contribution in [-0.2, 0) is 9.53 Å². The van der Waals surface area contributed by atoms with E-state index in [1.165, 1.54) is 13.2 Å². The smallest absolute Gasteiger partial charge is 0.333 e. The fourth-order valence-electron chi connectivity index (χ4n) is 0.771. The van der Waals surface area contributed by atoms with E-state index < -0.39 is 0 Å². The summed E-state index contributed by atoms with van der Waals surface area (Å²) in [5, 5.41) is 16.4. The Labute approximate surface area is 97.2 Å². The number of hydrogen-bond acceptors (Lipinski definition) is 4. The molecule has 93 valence electrons. The van der Waals surface area contributed by atoms with Crippen molar-refractivity contribution in [1.29, 1.82) is 0 Å². The third kappa shape index (κ3) is 12.9. The summed E-state index contributed by atoms with van der Waals surface area (Å²) in [5.74, 6) is -0.358. The number of ether oxygens (including phenoxy) is 1. The van der Waals surface area contributed by atoms with Gasteiger partial charge in [-0.25, -0.2) is 4.79 Å². The van der Waals surface area contributed by atoms with Gasteiger partial charge < -0.3 is 14.9 Å². The van der Waals surface area contributed by atoms with Gasteiger partial charge in [0.15, 0.2) is 0 Å². The lowest BCUT2D eigenvalue weighted by Gasteiger charge is -2.01. The molecule has 0 aliphatic carbocycles. The minimum absolute atomic E-state index is 0.161. The molecule has 0 unspecified atom stereocenters. The summed E-state index contributed by atoms with van der Waals surface area (Å²) >= 11 is 0. The highest BCUT2D eigenvalue weighted by atomic mass is 16.5. The molecule has 16 heavy (non-hydrogen) atoms. The summed E-state index contributed by atoms with van der Waals surface area (Å²) in [7, 11) is 1.33. The molecular weight excluding hydrogens is 208 g/mol. The van der Waals surface area contributed by atoms with Crippen LogP contribution in [0.5, 0.6) is 0 Å². The first-order chi connectivity index (χ1) is 7.63. The van der Waals surface area contributed by atoms with Gasteiger partial charge in [0.25, 0.3) is 0 Å². The van der Waals surface area contributed by atoms with Crippen LogP contribution < -0.4 is 0 Å². The Balaban J connectivity index is 0. The molecule has 0 atom stereocenters. The highest BCUT2D eigenvalue weighted by Gasteiger charge is 2.04. The van der Waals surface area contributed by atoms with E-state index in [1.807, 2.05) is 0 Å².